The fourth-order valence-electron chi connectivity index (χ4n) is 3.08. The van der Waals surface area contributed by atoms with Crippen molar-refractivity contribution in [3.63, 3.8) is 0 Å². The molecule has 8 heteroatoms. The van der Waals surface area contributed by atoms with Crippen molar-refractivity contribution < 1.29 is 17.6 Å². The van der Waals surface area contributed by atoms with E-state index < -0.39 is 11.7 Å². The van der Waals surface area contributed by atoms with E-state index in [1.165, 1.54) is 30.0 Å². The molecule has 1 N–H and O–H groups in total. The molecule has 27 heavy (non-hydrogen) atoms. The molecule has 1 atom stereocenters. The monoisotopic (exact) mass is 395 g/mol. The van der Waals surface area contributed by atoms with E-state index in [-0.39, 0.29) is 35.5 Å². The first kappa shape index (κ1) is 19.5. The van der Waals surface area contributed by atoms with Crippen molar-refractivity contribution in [3.8, 4) is 6.07 Å². The number of rotatable bonds is 4. The molecule has 142 valence electrons. The van der Waals surface area contributed by atoms with Crippen LogP contribution in [0, 0.1) is 17.1 Å². The second-order valence-electron chi connectivity index (χ2n) is 6.33. The van der Waals surface area contributed by atoms with E-state index in [9.17, 15) is 22.8 Å². The zero-order chi connectivity index (χ0) is 19.6. The highest BCUT2D eigenvalue weighted by molar-refractivity contribution is 7.98. The van der Waals surface area contributed by atoms with Crippen LogP contribution in [0.3, 0.4) is 0 Å². The van der Waals surface area contributed by atoms with Gasteiger partial charge in [0.1, 0.15) is 5.82 Å². The molecular formula is C19H17F4N3S. The van der Waals surface area contributed by atoms with Gasteiger partial charge in [0.2, 0.25) is 0 Å². The van der Waals surface area contributed by atoms with Gasteiger partial charge in [-0.3, -0.25) is 5.32 Å². The van der Waals surface area contributed by atoms with Gasteiger partial charge < -0.3 is 4.90 Å². The first-order valence-corrected chi connectivity index (χ1v) is 9.28. The van der Waals surface area contributed by atoms with Gasteiger partial charge in [0, 0.05) is 23.2 Å². The molecule has 0 amide bonds. The molecule has 1 heterocycles. The topological polar surface area (TPSA) is 39.1 Å². The highest BCUT2D eigenvalue weighted by Gasteiger charge is 2.40. The molecule has 0 radical (unpaired) electrons. The Kier molecular flexibility index (Phi) is 5.63. The minimum absolute atomic E-state index is 0.0491. The molecule has 1 aliphatic heterocycles. The Bertz CT molecular complexity index is 859. The van der Waals surface area contributed by atoms with Gasteiger partial charge in [-0.05, 0) is 42.8 Å². The molecule has 0 saturated carbocycles. The predicted octanol–water partition coefficient (Wildman–Crippen LogP) is 4.76. The lowest BCUT2D eigenvalue weighted by Crippen LogP contribution is -2.26. The van der Waals surface area contributed by atoms with Crippen LogP contribution in [-0.2, 0) is 11.9 Å². The molecule has 1 fully saturated rings. The molecule has 0 spiro atoms. The lowest BCUT2D eigenvalue weighted by atomic mass is 10.0. The van der Waals surface area contributed by atoms with Crippen LogP contribution >= 0.6 is 11.8 Å². The number of alkyl halides is 3. The Morgan fingerprint density at radius 1 is 1.22 bits per heavy atom. The van der Waals surface area contributed by atoms with Crippen molar-refractivity contribution in [1.29, 1.82) is 5.26 Å². The molecule has 2 aromatic carbocycles. The summed E-state index contributed by atoms with van der Waals surface area (Å²) in [4.78, 5) is 2.39. The van der Waals surface area contributed by atoms with E-state index >= 15 is 0 Å². The maximum atomic E-state index is 13.8. The minimum Gasteiger partial charge on any atom is -0.356 e. The van der Waals surface area contributed by atoms with Crippen molar-refractivity contribution in [3.05, 3.63) is 58.9 Å². The van der Waals surface area contributed by atoms with Crippen LogP contribution in [0.2, 0.25) is 0 Å². The van der Waals surface area contributed by atoms with E-state index in [2.05, 4.69) is 5.32 Å². The summed E-state index contributed by atoms with van der Waals surface area (Å²) in [5.41, 5.74) is -0.731. The number of hydrogen-bond acceptors (Lipinski definition) is 4. The Morgan fingerprint density at radius 3 is 2.48 bits per heavy atom. The number of nitriles is 1. The van der Waals surface area contributed by atoms with Crippen molar-refractivity contribution in [2.24, 2.45) is 0 Å². The van der Waals surface area contributed by atoms with Crippen LogP contribution in [0.25, 0.3) is 0 Å². The smallest absolute Gasteiger partial charge is 0.356 e. The lowest BCUT2D eigenvalue weighted by molar-refractivity contribution is -0.137. The van der Waals surface area contributed by atoms with Crippen LogP contribution in [0.5, 0.6) is 0 Å². The van der Waals surface area contributed by atoms with Crippen molar-refractivity contribution >= 4 is 17.4 Å². The van der Waals surface area contributed by atoms with Crippen LogP contribution in [0.1, 0.15) is 23.6 Å². The van der Waals surface area contributed by atoms with Crippen LogP contribution in [0.4, 0.5) is 23.2 Å². The number of halogens is 4. The molecule has 0 aromatic heterocycles. The summed E-state index contributed by atoms with van der Waals surface area (Å²) in [5.74, 6) is -0.0874. The highest BCUT2D eigenvalue weighted by atomic mass is 32.2. The van der Waals surface area contributed by atoms with Gasteiger partial charge in [0.25, 0.3) is 0 Å². The number of benzene rings is 2. The number of nitrogens with zero attached hydrogens (tertiary/aromatic N) is 2. The van der Waals surface area contributed by atoms with Gasteiger partial charge in [0.05, 0.1) is 29.6 Å². The summed E-state index contributed by atoms with van der Waals surface area (Å²) in [6, 6.07) is 10.3. The quantitative estimate of drug-likeness (QED) is 0.598. The normalized spacial score (nSPS) is 17.2. The average Bonchev–Trinajstić information content (AvgIpc) is 3.05. The molecular weight excluding hydrogens is 378 g/mol. The Balaban J connectivity index is 2.01. The van der Waals surface area contributed by atoms with E-state index in [1.807, 2.05) is 6.92 Å². The molecule has 2 aromatic rings. The molecule has 3 rings (SSSR count). The lowest BCUT2D eigenvalue weighted by Gasteiger charge is -2.26. The highest BCUT2D eigenvalue weighted by Crippen LogP contribution is 2.43. The Morgan fingerprint density at radius 2 is 1.93 bits per heavy atom. The van der Waals surface area contributed by atoms with Gasteiger partial charge >= 0.3 is 6.18 Å². The summed E-state index contributed by atoms with van der Waals surface area (Å²) >= 11 is 1.32. The van der Waals surface area contributed by atoms with Crippen molar-refractivity contribution in [2.75, 3.05) is 18.1 Å². The second-order valence-corrected chi connectivity index (χ2v) is 7.38. The first-order valence-electron chi connectivity index (χ1n) is 8.29. The van der Waals surface area contributed by atoms with E-state index in [0.29, 0.717) is 12.1 Å². The van der Waals surface area contributed by atoms with Crippen molar-refractivity contribution in [2.45, 2.75) is 29.8 Å². The minimum atomic E-state index is -4.64. The summed E-state index contributed by atoms with van der Waals surface area (Å²) < 4.78 is 54.4. The molecule has 1 aliphatic rings. The molecule has 1 unspecified atom stereocenters. The molecule has 1 saturated heterocycles. The number of anilines is 1. The van der Waals surface area contributed by atoms with Crippen molar-refractivity contribution in [1.82, 2.24) is 5.32 Å². The maximum Gasteiger partial charge on any atom is 0.419 e. The van der Waals surface area contributed by atoms with Gasteiger partial charge in [0.15, 0.2) is 0 Å². The molecule has 3 nitrogen and oxygen atoms in total. The van der Waals surface area contributed by atoms with Crippen LogP contribution in [0.15, 0.2) is 41.3 Å². The SMILES string of the molecule is CC1CN(c2c(CSc3ccc(F)cc3)ccc(C#N)c2C(F)(F)F)CN1. The first-order chi connectivity index (χ1) is 12.8. The summed E-state index contributed by atoms with van der Waals surface area (Å²) in [6.45, 7) is 2.61. The third-order valence-electron chi connectivity index (χ3n) is 4.31. The van der Waals surface area contributed by atoms with Crippen LogP contribution < -0.4 is 10.2 Å². The standard InChI is InChI=1S/C19H17F4N3S/c1-12-9-26(11-25-12)18-14(10-27-16-6-4-15(20)5-7-16)3-2-13(8-24)17(18)19(21,22)23/h2-7,12,25H,9-11H2,1H3. The maximum absolute atomic E-state index is 13.8. The third-order valence-corrected chi connectivity index (χ3v) is 5.38. The fraction of sp³-hybridized carbons (Fsp3) is 0.316. The predicted molar refractivity (Wildman–Crippen MR) is 96.9 cm³/mol. The van der Waals surface area contributed by atoms with E-state index in [4.69, 9.17) is 0 Å². The van der Waals surface area contributed by atoms with Gasteiger partial charge in [-0.15, -0.1) is 11.8 Å². The van der Waals surface area contributed by atoms with E-state index in [1.54, 1.807) is 29.2 Å². The van der Waals surface area contributed by atoms with Gasteiger partial charge in [-0.1, -0.05) is 6.07 Å². The number of nitrogens with one attached hydrogen (secondary N) is 1. The Hall–Kier alpha value is -2.24. The van der Waals surface area contributed by atoms with Gasteiger partial charge in [-0.25, -0.2) is 4.39 Å². The largest absolute Gasteiger partial charge is 0.419 e. The third kappa shape index (κ3) is 4.37. The summed E-state index contributed by atoms with van der Waals surface area (Å²) in [6.07, 6.45) is -4.64. The van der Waals surface area contributed by atoms with Gasteiger partial charge in [-0.2, -0.15) is 18.4 Å². The molecule has 0 bridgehead atoms. The average molecular weight is 395 g/mol. The number of hydrogen-bond donors (Lipinski definition) is 1. The fourth-order valence-corrected chi connectivity index (χ4v) is 3.96. The second kappa shape index (κ2) is 7.79. The zero-order valence-electron chi connectivity index (χ0n) is 14.5. The van der Waals surface area contributed by atoms with Crippen LogP contribution in [-0.4, -0.2) is 19.3 Å². The summed E-state index contributed by atoms with van der Waals surface area (Å²) in [7, 11) is 0. The Labute approximate surface area is 159 Å². The zero-order valence-corrected chi connectivity index (χ0v) is 15.3. The molecule has 0 aliphatic carbocycles. The van der Waals surface area contributed by atoms with E-state index in [0.717, 1.165) is 4.90 Å². The summed E-state index contributed by atoms with van der Waals surface area (Å²) in [5, 5.41) is 12.3. The number of thioether (sulfide) groups is 1.